The minimum Gasteiger partial charge on any atom is -0.506 e. The molecule has 5 nitrogen and oxygen atoms in total. The first-order valence-corrected chi connectivity index (χ1v) is 10.4. The zero-order valence-corrected chi connectivity index (χ0v) is 16.6. The van der Waals surface area contributed by atoms with Gasteiger partial charge in [-0.15, -0.1) is 0 Å². The van der Waals surface area contributed by atoms with E-state index in [0.717, 1.165) is 12.7 Å². The summed E-state index contributed by atoms with van der Waals surface area (Å²) >= 11 is 0. The van der Waals surface area contributed by atoms with Gasteiger partial charge in [0.1, 0.15) is 11.3 Å². The number of aromatic hydroxyl groups is 1. The number of aromatic nitrogens is 1. The minimum atomic E-state index is -0.613. The highest BCUT2D eigenvalue weighted by Gasteiger charge is 2.20. The van der Waals surface area contributed by atoms with E-state index in [9.17, 15) is 14.7 Å². The second-order valence-corrected chi connectivity index (χ2v) is 7.82. The third kappa shape index (κ3) is 3.93. The molecule has 29 heavy (non-hydrogen) atoms. The van der Waals surface area contributed by atoms with Gasteiger partial charge in [-0.05, 0) is 42.5 Å². The van der Waals surface area contributed by atoms with E-state index < -0.39 is 11.5 Å². The second kappa shape index (κ2) is 8.15. The SMILES string of the molecule is CBc1ccc2[nH]c(=O)c(C(=O)Nc3ccc(C4CCCCC4)cc3)c(O)c2c1. The van der Waals surface area contributed by atoms with Crippen LogP contribution in [0.3, 0.4) is 0 Å². The molecular weight excluding hydrogens is 363 g/mol. The first-order valence-electron chi connectivity index (χ1n) is 10.4. The summed E-state index contributed by atoms with van der Waals surface area (Å²) in [6.45, 7) is 2.01. The van der Waals surface area contributed by atoms with Gasteiger partial charge in [0.2, 0.25) is 0 Å². The van der Waals surface area contributed by atoms with Crippen LogP contribution in [0.4, 0.5) is 5.69 Å². The van der Waals surface area contributed by atoms with Crippen molar-refractivity contribution in [1.29, 1.82) is 0 Å². The van der Waals surface area contributed by atoms with Gasteiger partial charge in [-0.25, -0.2) is 0 Å². The van der Waals surface area contributed by atoms with E-state index >= 15 is 0 Å². The van der Waals surface area contributed by atoms with Gasteiger partial charge in [-0.1, -0.05) is 55.8 Å². The fourth-order valence-electron chi connectivity index (χ4n) is 4.22. The van der Waals surface area contributed by atoms with E-state index in [0.29, 0.717) is 22.5 Å². The molecule has 1 aromatic heterocycles. The minimum absolute atomic E-state index is 0.262. The third-order valence-corrected chi connectivity index (χ3v) is 5.93. The average molecular weight is 388 g/mol. The lowest BCUT2D eigenvalue weighted by Crippen LogP contribution is -2.24. The summed E-state index contributed by atoms with van der Waals surface area (Å²) in [6.07, 6.45) is 6.28. The highest BCUT2D eigenvalue weighted by Crippen LogP contribution is 2.33. The summed E-state index contributed by atoms with van der Waals surface area (Å²) in [7, 11) is 0.795. The van der Waals surface area contributed by atoms with Crippen LogP contribution in [0.25, 0.3) is 10.9 Å². The van der Waals surface area contributed by atoms with Gasteiger partial charge in [-0.2, -0.15) is 0 Å². The van der Waals surface area contributed by atoms with Gasteiger partial charge in [0.25, 0.3) is 11.5 Å². The zero-order valence-electron chi connectivity index (χ0n) is 16.6. The Morgan fingerprint density at radius 1 is 1.10 bits per heavy atom. The molecule has 1 amide bonds. The molecule has 0 unspecified atom stereocenters. The number of amides is 1. The molecule has 0 spiro atoms. The molecule has 0 radical (unpaired) electrons. The van der Waals surface area contributed by atoms with E-state index in [2.05, 4.69) is 10.3 Å². The number of anilines is 1. The van der Waals surface area contributed by atoms with E-state index in [4.69, 9.17) is 0 Å². The van der Waals surface area contributed by atoms with Crippen LogP contribution >= 0.6 is 0 Å². The number of hydrogen-bond donors (Lipinski definition) is 3. The predicted molar refractivity (Wildman–Crippen MR) is 119 cm³/mol. The van der Waals surface area contributed by atoms with Crippen LogP contribution in [0.1, 0.15) is 53.9 Å². The van der Waals surface area contributed by atoms with Crippen molar-refractivity contribution in [2.75, 3.05) is 5.32 Å². The van der Waals surface area contributed by atoms with Gasteiger partial charge >= 0.3 is 0 Å². The molecule has 0 atom stereocenters. The maximum atomic E-state index is 12.7. The number of hydrogen-bond acceptors (Lipinski definition) is 3. The number of pyridine rings is 1. The molecule has 1 saturated carbocycles. The first-order chi connectivity index (χ1) is 14.1. The summed E-state index contributed by atoms with van der Waals surface area (Å²) < 4.78 is 0. The van der Waals surface area contributed by atoms with Crippen molar-refractivity contribution in [3.63, 3.8) is 0 Å². The highest BCUT2D eigenvalue weighted by molar-refractivity contribution is 6.52. The van der Waals surface area contributed by atoms with Crippen molar-refractivity contribution in [3.05, 3.63) is 63.9 Å². The number of H-pyrrole nitrogens is 1. The standard InChI is InChI=1S/C23H25BN2O3/c1-24-16-9-12-19-18(13-16)21(27)20(23(29)26-19)22(28)25-17-10-7-15(8-11-17)14-5-3-2-4-6-14/h7-14,24H,2-6H2,1H3,(H,25,28)(H2,26,27,29). The Hall–Kier alpha value is -3.02. The monoisotopic (exact) mass is 388 g/mol. The van der Waals surface area contributed by atoms with Crippen LogP contribution in [0, 0.1) is 0 Å². The third-order valence-electron chi connectivity index (χ3n) is 5.93. The van der Waals surface area contributed by atoms with Crippen molar-refractivity contribution in [2.24, 2.45) is 0 Å². The lowest BCUT2D eigenvalue weighted by Gasteiger charge is -2.22. The summed E-state index contributed by atoms with van der Waals surface area (Å²) in [5, 5.41) is 13.9. The molecule has 1 heterocycles. The number of rotatable bonds is 4. The van der Waals surface area contributed by atoms with E-state index in [-0.39, 0.29) is 11.3 Å². The molecule has 3 N–H and O–H groups in total. The number of nitrogens with one attached hydrogen (secondary N) is 2. The molecular formula is C23H25BN2O3. The molecule has 3 aromatic rings. The summed E-state index contributed by atoms with van der Waals surface area (Å²) in [5.74, 6) is -0.304. The smallest absolute Gasteiger partial charge is 0.265 e. The Morgan fingerprint density at radius 2 is 1.83 bits per heavy atom. The Morgan fingerprint density at radius 3 is 2.52 bits per heavy atom. The molecule has 0 saturated heterocycles. The fraction of sp³-hybridized carbons (Fsp3) is 0.304. The summed E-state index contributed by atoms with van der Waals surface area (Å²) in [5.41, 5.74) is 2.57. The average Bonchev–Trinajstić information content (AvgIpc) is 2.75. The Balaban J connectivity index is 1.59. The molecule has 1 fully saturated rings. The maximum absolute atomic E-state index is 12.7. The summed E-state index contributed by atoms with van der Waals surface area (Å²) in [4.78, 5) is 27.9. The number of aromatic amines is 1. The molecule has 6 heteroatoms. The van der Waals surface area contributed by atoms with Gasteiger partial charge in [-0.3, -0.25) is 9.59 Å². The van der Waals surface area contributed by atoms with Crippen molar-refractivity contribution < 1.29 is 9.90 Å². The number of carbonyl (C=O) groups excluding carboxylic acids is 1. The van der Waals surface area contributed by atoms with Gasteiger partial charge in [0.05, 0.1) is 5.52 Å². The summed E-state index contributed by atoms with van der Waals surface area (Å²) in [6, 6.07) is 13.3. The molecule has 2 aromatic carbocycles. The largest absolute Gasteiger partial charge is 0.506 e. The van der Waals surface area contributed by atoms with Crippen LogP contribution in [-0.4, -0.2) is 23.3 Å². The van der Waals surface area contributed by atoms with Gasteiger partial charge < -0.3 is 15.4 Å². The van der Waals surface area contributed by atoms with Crippen LogP contribution in [0.2, 0.25) is 6.82 Å². The lowest BCUT2D eigenvalue weighted by molar-refractivity contribution is 0.102. The van der Waals surface area contributed by atoms with Crippen LogP contribution in [-0.2, 0) is 0 Å². The molecule has 148 valence electrons. The van der Waals surface area contributed by atoms with E-state index in [1.165, 1.54) is 37.7 Å². The molecule has 0 bridgehead atoms. The van der Waals surface area contributed by atoms with Crippen LogP contribution < -0.4 is 16.3 Å². The van der Waals surface area contributed by atoms with Gasteiger partial charge in [0, 0.05) is 11.1 Å². The first kappa shape index (κ1) is 19.3. The lowest BCUT2D eigenvalue weighted by atomic mass is 9.73. The quantitative estimate of drug-likeness (QED) is 0.597. The van der Waals surface area contributed by atoms with Gasteiger partial charge in [0.15, 0.2) is 7.28 Å². The molecule has 1 aliphatic rings. The van der Waals surface area contributed by atoms with Crippen molar-refractivity contribution in [1.82, 2.24) is 4.98 Å². The van der Waals surface area contributed by atoms with Crippen molar-refractivity contribution >= 4 is 35.2 Å². The van der Waals surface area contributed by atoms with Crippen LogP contribution in [0.15, 0.2) is 47.3 Å². The maximum Gasteiger partial charge on any atom is 0.265 e. The number of fused-ring (bicyclic) bond motifs is 1. The van der Waals surface area contributed by atoms with Crippen molar-refractivity contribution in [3.8, 4) is 5.75 Å². The molecule has 1 aliphatic carbocycles. The Labute approximate surface area is 170 Å². The highest BCUT2D eigenvalue weighted by atomic mass is 16.3. The topological polar surface area (TPSA) is 82.2 Å². The fourth-order valence-corrected chi connectivity index (χ4v) is 4.22. The molecule has 0 aliphatic heterocycles. The number of carbonyl (C=O) groups is 1. The van der Waals surface area contributed by atoms with E-state index in [1.807, 2.05) is 37.2 Å². The van der Waals surface area contributed by atoms with Crippen molar-refractivity contribution in [2.45, 2.75) is 44.8 Å². The van der Waals surface area contributed by atoms with Crippen LogP contribution in [0.5, 0.6) is 5.75 Å². The second-order valence-electron chi connectivity index (χ2n) is 7.82. The Kier molecular flexibility index (Phi) is 5.43. The zero-order chi connectivity index (χ0) is 20.4. The van der Waals surface area contributed by atoms with E-state index in [1.54, 1.807) is 12.1 Å². The Bertz CT molecular complexity index is 1100. The molecule has 4 rings (SSSR count). The number of benzene rings is 2. The normalized spacial score (nSPS) is 14.7. The predicted octanol–water partition coefficient (Wildman–Crippen LogP) is 3.64.